The maximum absolute atomic E-state index is 8.00. The van der Waals surface area contributed by atoms with Gasteiger partial charge in [-0.1, -0.05) is 0 Å². The predicted octanol–water partition coefficient (Wildman–Crippen LogP) is 0.0725. The molecule has 0 radical (unpaired) electrons. The standard InChI is InChI=1S/C2H7N.CH2O.ClH/c1-3-2;1-2;/h3H,1-2H3;1H2;1H. The van der Waals surface area contributed by atoms with Gasteiger partial charge >= 0.3 is 0 Å². The molecule has 0 saturated heterocycles. The van der Waals surface area contributed by atoms with Crippen molar-refractivity contribution in [1.29, 1.82) is 0 Å². The van der Waals surface area contributed by atoms with Crippen LogP contribution in [-0.2, 0) is 4.79 Å². The van der Waals surface area contributed by atoms with Crippen molar-refractivity contribution in [2.24, 2.45) is 0 Å². The van der Waals surface area contributed by atoms with Crippen LogP contribution in [0.3, 0.4) is 0 Å². The number of rotatable bonds is 0. The van der Waals surface area contributed by atoms with E-state index >= 15 is 0 Å². The van der Waals surface area contributed by atoms with Crippen molar-refractivity contribution in [2.75, 3.05) is 14.1 Å². The van der Waals surface area contributed by atoms with Crippen molar-refractivity contribution < 1.29 is 4.79 Å². The van der Waals surface area contributed by atoms with E-state index in [1.807, 2.05) is 20.9 Å². The largest absolute Gasteiger partial charge is 0.323 e. The van der Waals surface area contributed by atoms with Crippen LogP contribution in [0, 0.1) is 0 Å². The van der Waals surface area contributed by atoms with Gasteiger partial charge in [-0.25, -0.2) is 0 Å². The molecule has 0 spiro atoms. The van der Waals surface area contributed by atoms with E-state index in [-0.39, 0.29) is 12.4 Å². The minimum Gasteiger partial charge on any atom is -0.323 e. The molecule has 0 atom stereocenters. The lowest BCUT2D eigenvalue weighted by molar-refractivity contribution is -0.0979. The number of carbonyl (C=O) groups excluding carboxylic acids is 1. The molecule has 2 nitrogen and oxygen atoms in total. The highest BCUT2D eigenvalue weighted by molar-refractivity contribution is 5.85. The van der Waals surface area contributed by atoms with E-state index in [1.54, 1.807) is 0 Å². The Bertz CT molecular complexity index is 14.8. The summed E-state index contributed by atoms with van der Waals surface area (Å²) in [7, 11) is 3.75. The average molecular weight is 112 g/mol. The van der Waals surface area contributed by atoms with Crippen molar-refractivity contribution in [2.45, 2.75) is 0 Å². The molecule has 0 unspecified atom stereocenters. The van der Waals surface area contributed by atoms with Crippen LogP contribution >= 0.6 is 12.4 Å². The Kier molecular flexibility index (Phi) is 250. The third kappa shape index (κ3) is 5220. The second kappa shape index (κ2) is 89.3. The lowest BCUT2D eigenvalue weighted by atomic mass is 11.3. The van der Waals surface area contributed by atoms with Crippen LogP contribution in [0.25, 0.3) is 0 Å². The number of hydrogen-bond donors (Lipinski definition) is 1. The molecule has 0 aliphatic rings. The van der Waals surface area contributed by atoms with Crippen molar-refractivity contribution in [1.82, 2.24) is 5.32 Å². The summed E-state index contributed by atoms with van der Waals surface area (Å²) >= 11 is 0. The third-order valence-electron chi connectivity index (χ3n) is 0. The summed E-state index contributed by atoms with van der Waals surface area (Å²) in [4.78, 5) is 8.00. The summed E-state index contributed by atoms with van der Waals surface area (Å²) in [5, 5.41) is 2.75. The summed E-state index contributed by atoms with van der Waals surface area (Å²) in [5.74, 6) is 0. The fourth-order valence-electron chi connectivity index (χ4n) is 0. The molecule has 0 aromatic carbocycles. The molecule has 0 aromatic heterocycles. The molecule has 0 rings (SSSR count). The lowest BCUT2D eigenvalue weighted by Crippen LogP contribution is -1.89. The normalized spacial score (nSPS) is 3.67. The van der Waals surface area contributed by atoms with E-state index < -0.39 is 0 Å². The highest BCUT2D eigenvalue weighted by atomic mass is 35.5. The van der Waals surface area contributed by atoms with Gasteiger partial charge in [-0.05, 0) is 14.1 Å². The summed E-state index contributed by atoms with van der Waals surface area (Å²) in [6.45, 7) is 2.00. The van der Waals surface area contributed by atoms with E-state index in [9.17, 15) is 0 Å². The number of hydrogen-bond acceptors (Lipinski definition) is 2. The zero-order chi connectivity index (χ0) is 4.71. The molecule has 0 aliphatic heterocycles. The first kappa shape index (κ1) is 16.8. The SMILES string of the molecule is C=O.CNC.Cl. The van der Waals surface area contributed by atoms with Gasteiger partial charge in [0, 0.05) is 0 Å². The van der Waals surface area contributed by atoms with Gasteiger partial charge in [0.25, 0.3) is 0 Å². The molecular weight excluding hydrogens is 101 g/mol. The number of nitrogens with one attached hydrogen (secondary N) is 1. The van der Waals surface area contributed by atoms with Crippen LogP contribution in [0.2, 0.25) is 0 Å². The summed E-state index contributed by atoms with van der Waals surface area (Å²) < 4.78 is 0. The Labute approximate surface area is 44.3 Å². The summed E-state index contributed by atoms with van der Waals surface area (Å²) in [6.07, 6.45) is 0. The van der Waals surface area contributed by atoms with E-state index in [1.165, 1.54) is 0 Å². The molecule has 1 N–H and O–H groups in total. The van der Waals surface area contributed by atoms with Crippen molar-refractivity contribution in [3.05, 3.63) is 0 Å². The van der Waals surface area contributed by atoms with Gasteiger partial charge in [0.05, 0.1) is 0 Å². The molecule has 0 aromatic rings. The zero-order valence-electron chi connectivity index (χ0n) is 4.02. The molecule has 0 saturated carbocycles. The molecule has 0 amide bonds. The first-order chi connectivity index (χ1) is 2.41. The highest BCUT2D eigenvalue weighted by Crippen LogP contribution is 0.981. The van der Waals surface area contributed by atoms with Gasteiger partial charge in [-0.15, -0.1) is 12.4 Å². The molecule has 6 heavy (non-hydrogen) atoms. The zero-order valence-corrected chi connectivity index (χ0v) is 4.84. The smallest absolute Gasteiger partial charge is 0.106 e. The van der Waals surface area contributed by atoms with Crippen LogP contribution in [0.15, 0.2) is 0 Å². The van der Waals surface area contributed by atoms with Gasteiger partial charge in [0.2, 0.25) is 0 Å². The van der Waals surface area contributed by atoms with Gasteiger partial charge in [-0.2, -0.15) is 0 Å². The summed E-state index contributed by atoms with van der Waals surface area (Å²) in [5.41, 5.74) is 0. The van der Waals surface area contributed by atoms with Gasteiger partial charge < -0.3 is 10.1 Å². The molecule has 0 fully saturated rings. The third-order valence-corrected chi connectivity index (χ3v) is 0. The van der Waals surface area contributed by atoms with E-state index in [2.05, 4.69) is 5.32 Å². The number of carbonyl (C=O) groups is 1. The minimum absolute atomic E-state index is 0. The average Bonchev–Trinajstić information content (AvgIpc) is 1.46. The monoisotopic (exact) mass is 111 g/mol. The van der Waals surface area contributed by atoms with E-state index in [0.717, 1.165) is 0 Å². The topological polar surface area (TPSA) is 29.1 Å². The van der Waals surface area contributed by atoms with Crippen LogP contribution in [-0.4, -0.2) is 20.9 Å². The molecule has 40 valence electrons. The second-order valence-corrected chi connectivity index (χ2v) is 0.500. The van der Waals surface area contributed by atoms with Crippen LogP contribution < -0.4 is 5.32 Å². The Morgan fingerprint density at radius 1 is 1.33 bits per heavy atom. The van der Waals surface area contributed by atoms with Gasteiger partial charge in [-0.3, -0.25) is 0 Å². The second-order valence-electron chi connectivity index (χ2n) is 0.500. The lowest BCUT2D eigenvalue weighted by Gasteiger charge is -1.59. The maximum Gasteiger partial charge on any atom is 0.106 e. The first-order valence-electron chi connectivity index (χ1n) is 1.29. The van der Waals surface area contributed by atoms with Crippen molar-refractivity contribution >= 4 is 19.2 Å². The van der Waals surface area contributed by atoms with Crippen LogP contribution in [0.1, 0.15) is 0 Å². The molecule has 0 heterocycles. The Morgan fingerprint density at radius 2 is 1.33 bits per heavy atom. The molecular formula is C3H10ClNO. The molecule has 0 bridgehead atoms. The predicted molar refractivity (Wildman–Crippen MR) is 29.4 cm³/mol. The van der Waals surface area contributed by atoms with E-state index in [4.69, 9.17) is 4.79 Å². The van der Waals surface area contributed by atoms with Crippen LogP contribution in [0.4, 0.5) is 0 Å². The highest BCUT2D eigenvalue weighted by Gasteiger charge is 1.25. The van der Waals surface area contributed by atoms with Gasteiger partial charge in [0.1, 0.15) is 6.79 Å². The Balaban J connectivity index is -0.0000000275. The van der Waals surface area contributed by atoms with Crippen LogP contribution in [0.5, 0.6) is 0 Å². The maximum atomic E-state index is 8.00. The van der Waals surface area contributed by atoms with E-state index in [0.29, 0.717) is 0 Å². The summed E-state index contributed by atoms with van der Waals surface area (Å²) in [6, 6.07) is 0. The molecule has 0 aliphatic carbocycles. The quantitative estimate of drug-likeness (QED) is 0.480. The van der Waals surface area contributed by atoms with Crippen molar-refractivity contribution in [3.63, 3.8) is 0 Å². The molecule has 3 heteroatoms. The Morgan fingerprint density at radius 3 is 1.33 bits per heavy atom. The van der Waals surface area contributed by atoms with Gasteiger partial charge in [0.15, 0.2) is 0 Å². The fourth-order valence-corrected chi connectivity index (χ4v) is 0. The van der Waals surface area contributed by atoms with Crippen molar-refractivity contribution in [3.8, 4) is 0 Å². The fraction of sp³-hybridized carbons (Fsp3) is 0.667. The number of halogens is 1. The first-order valence-corrected chi connectivity index (χ1v) is 1.29. The Hall–Kier alpha value is -0.0800. The minimum atomic E-state index is 0.